The summed E-state index contributed by atoms with van der Waals surface area (Å²) in [5.41, 5.74) is 2.12. The van der Waals surface area contributed by atoms with Crippen molar-refractivity contribution < 1.29 is 14.4 Å². The lowest BCUT2D eigenvalue weighted by molar-refractivity contribution is -0.120. The lowest BCUT2D eigenvalue weighted by Crippen LogP contribution is -2.41. The largest absolute Gasteiger partial charge is 0.354 e. The summed E-state index contributed by atoms with van der Waals surface area (Å²) in [4.78, 5) is 37.8. The number of rotatable bonds is 8. The molecule has 6 nitrogen and oxygen atoms in total. The third-order valence-electron chi connectivity index (χ3n) is 5.04. The maximum Gasteiger partial charge on any atom is 0.230 e. The smallest absolute Gasteiger partial charge is 0.230 e. The van der Waals surface area contributed by atoms with Crippen molar-refractivity contribution in [2.45, 2.75) is 44.6 Å². The number of benzene rings is 1. The van der Waals surface area contributed by atoms with E-state index in [0.29, 0.717) is 31.3 Å². The quantitative estimate of drug-likeness (QED) is 0.712. The van der Waals surface area contributed by atoms with Gasteiger partial charge >= 0.3 is 0 Å². The van der Waals surface area contributed by atoms with Crippen molar-refractivity contribution >= 4 is 35.2 Å². The number of aryl methyl sites for hydroxylation is 1. The van der Waals surface area contributed by atoms with Crippen LogP contribution in [0.4, 0.5) is 5.69 Å². The first-order valence-corrected chi connectivity index (χ1v) is 10.8. The van der Waals surface area contributed by atoms with Gasteiger partial charge in [-0.2, -0.15) is 0 Å². The van der Waals surface area contributed by atoms with Crippen LogP contribution in [0, 0.1) is 0 Å². The molecule has 1 fully saturated rings. The van der Waals surface area contributed by atoms with Crippen LogP contribution in [-0.4, -0.2) is 48.4 Å². The Balaban J connectivity index is 1.34. The van der Waals surface area contributed by atoms with Crippen LogP contribution in [0.25, 0.3) is 0 Å². The number of carbonyl (C=O) groups excluding carboxylic acids is 3. The fraction of sp³-hybridized carbons (Fsp3) is 0.550. The topological polar surface area (TPSA) is 78.5 Å². The second-order valence-electron chi connectivity index (χ2n) is 7.07. The fourth-order valence-corrected chi connectivity index (χ4v) is 4.33. The van der Waals surface area contributed by atoms with Crippen molar-refractivity contribution in [3.05, 3.63) is 29.8 Å². The lowest BCUT2D eigenvalue weighted by Gasteiger charge is -2.29. The summed E-state index contributed by atoms with van der Waals surface area (Å²) in [5, 5.41) is 5.86. The highest BCUT2D eigenvalue weighted by molar-refractivity contribution is 8.00. The van der Waals surface area contributed by atoms with Crippen LogP contribution < -0.4 is 15.5 Å². The summed E-state index contributed by atoms with van der Waals surface area (Å²) >= 11 is 1.32. The molecule has 1 heterocycles. The number of carbonyl (C=O) groups is 3. The first-order chi connectivity index (χ1) is 13.1. The van der Waals surface area contributed by atoms with Gasteiger partial charge in [-0.15, -0.1) is 11.8 Å². The molecule has 27 heavy (non-hydrogen) atoms. The monoisotopic (exact) mass is 389 g/mol. The van der Waals surface area contributed by atoms with Crippen molar-refractivity contribution in [1.82, 2.24) is 10.6 Å². The van der Waals surface area contributed by atoms with E-state index in [0.717, 1.165) is 24.9 Å². The van der Waals surface area contributed by atoms with Crippen LogP contribution in [0.1, 0.15) is 37.7 Å². The van der Waals surface area contributed by atoms with E-state index in [1.54, 1.807) is 4.90 Å². The second-order valence-corrected chi connectivity index (χ2v) is 8.05. The summed E-state index contributed by atoms with van der Waals surface area (Å²) in [6, 6.07) is 8.22. The highest BCUT2D eigenvalue weighted by atomic mass is 32.2. The summed E-state index contributed by atoms with van der Waals surface area (Å²) in [7, 11) is 0. The molecule has 146 valence electrons. The first kappa shape index (κ1) is 19.7. The number of anilines is 1. The summed E-state index contributed by atoms with van der Waals surface area (Å²) in [5.74, 6) is 0.562. The maximum absolute atomic E-state index is 12.2. The Morgan fingerprint density at radius 2 is 1.81 bits per heavy atom. The van der Waals surface area contributed by atoms with Gasteiger partial charge in [0.15, 0.2) is 0 Å². The van der Waals surface area contributed by atoms with E-state index in [-0.39, 0.29) is 23.5 Å². The van der Waals surface area contributed by atoms with Gasteiger partial charge in [0.25, 0.3) is 0 Å². The SMILES string of the molecule is O=C(CSCC(=O)NC1CCCC1)NCCN1C(=O)CCc2ccccc21. The minimum Gasteiger partial charge on any atom is -0.354 e. The van der Waals surface area contributed by atoms with Gasteiger partial charge in [0.1, 0.15) is 0 Å². The molecule has 0 radical (unpaired) electrons. The minimum absolute atomic E-state index is 0.00946. The summed E-state index contributed by atoms with van der Waals surface area (Å²) in [6.07, 6.45) is 5.79. The van der Waals surface area contributed by atoms with Crippen molar-refractivity contribution in [1.29, 1.82) is 0 Å². The van der Waals surface area contributed by atoms with Crippen LogP contribution >= 0.6 is 11.8 Å². The Hall–Kier alpha value is -2.02. The average Bonchev–Trinajstić information content (AvgIpc) is 3.16. The predicted octanol–water partition coefficient (Wildman–Crippen LogP) is 1.87. The molecule has 2 aliphatic rings. The van der Waals surface area contributed by atoms with Gasteiger partial charge in [0.05, 0.1) is 11.5 Å². The van der Waals surface area contributed by atoms with Crippen LogP contribution in [0.2, 0.25) is 0 Å². The molecule has 7 heteroatoms. The van der Waals surface area contributed by atoms with Gasteiger partial charge in [0, 0.05) is 31.2 Å². The van der Waals surface area contributed by atoms with E-state index in [9.17, 15) is 14.4 Å². The standard InChI is InChI=1S/C20H27N3O3S/c24-18(13-27-14-19(25)22-16-6-2-3-7-16)21-11-12-23-17-8-4-1-5-15(17)9-10-20(23)26/h1,4-5,8,16H,2-3,6-7,9-14H2,(H,21,24)(H,22,25). The molecule has 2 N–H and O–H groups in total. The van der Waals surface area contributed by atoms with Crippen molar-refractivity contribution in [2.24, 2.45) is 0 Å². The van der Waals surface area contributed by atoms with Crippen molar-refractivity contribution in [2.75, 3.05) is 29.5 Å². The number of thioether (sulfide) groups is 1. The number of amides is 3. The number of para-hydroxylation sites is 1. The fourth-order valence-electron chi connectivity index (χ4n) is 3.68. The van der Waals surface area contributed by atoms with E-state index in [4.69, 9.17) is 0 Å². The molecule has 1 saturated carbocycles. The molecule has 1 aliphatic heterocycles. The molecule has 0 bridgehead atoms. The number of hydrogen-bond acceptors (Lipinski definition) is 4. The summed E-state index contributed by atoms with van der Waals surface area (Å²) in [6.45, 7) is 0.877. The molecule has 0 saturated heterocycles. The molecule has 3 rings (SSSR count). The number of nitrogens with zero attached hydrogens (tertiary/aromatic N) is 1. The van der Waals surface area contributed by atoms with E-state index in [1.807, 2.05) is 24.3 Å². The Morgan fingerprint density at radius 3 is 2.63 bits per heavy atom. The molecule has 0 spiro atoms. The highest BCUT2D eigenvalue weighted by Gasteiger charge is 2.23. The van der Waals surface area contributed by atoms with Gasteiger partial charge in [-0.05, 0) is 30.9 Å². The van der Waals surface area contributed by atoms with Crippen molar-refractivity contribution in [3.63, 3.8) is 0 Å². The third kappa shape index (κ3) is 5.73. The highest BCUT2D eigenvalue weighted by Crippen LogP contribution is 2.26. The van der Waals surface area contributed by atoms with Crippen molar-refractivity contribution in [3.8, 4) is 0 Å². The molecule has 0 atom stereocenters. The van der Waals surface area contributed by atoms with Crippen LogP contribution in [0.15, 0.2) is 24.3 Å². The van der Waals surface area contributed by atoms with E-state index in [2.05, 4.69) is 10.6 Å². The van der Waals surface area contributed by atoms with Crippen LogP contribution in [0.5, 0.6) is 0 Å². The lowest BCUT2D eigenvalue weighted by atomic mass is 10.0. The van der Waals surface area contributed by atoms with Crippen LogP contribution in [-0.2, 0) is 20.8 Å². The van der Waals surface area contributed by atoms with E-state index >= 15 is 0 Å². The molecule has 0 aromatic heterocycles. The molecule has 1 aliphatic carbocycles. The van der Waals surface area contributed by atoms with Gasteiger partial charge < -0.3 is 15.5 Å². The molecular formula is C20H27N3O3S. The van der Waals surface area contributed by atoms with Crippen LogP contribution in [0.3, 0.4) is 0 Å². The Kier molecular flexibility index (Phi) is 7.15. The Bertz CT molecular complexity index is 689. The zero-order valence-electron chi connectivity index (χ0n) is 15.5. The predicted molar refractivity (Wildman–Crippen MR) is 108 cm³/mol. The van der Waals surface area contributed by atoms with E-state index in [1.165, 1.54) is 30.2 Å². The first-order valence-electron chi connectivity index (χ1n) is 9.65. The van der Waals surface area contributed by atoms with Gasteiger partial charge in [0.2, 0.25) is 17.7 Å². The molecule has 0 unspecified atom stereocenters. The average molecular weight is 390 g/mol. The Labute approximate surface area is 164 Å². The maximum atomic E-state index is 12.2. The van der Waals surface area contributed by atoms with Gasteiger partial charge in [-0.1, -0.05) is 31.0 Å². The molecular weight excluding hydrogens is 362 g/mol. The minimum atomic E-state index is -0.105. The Morgan fingerprint density at radius 1 is 1.07 bits per heavy atom. The van der Waals surface area contributed by atoms with Gasteiger partial charge in [-0.3, -0.25) is 14.4 Å². The summed E-state index contributed by atoms with van der Waals surface area (Å²) < 4.78 is 0. The molecule has 1 aromatic rings. The zero-order chi connectivity index (χ0) is 19.1. The second kappa shape index (κ2) is 9.78. The van der Waals surface area contributed by atoms with E-state index < -0.39 is 0 Å². The normalized spacial score (nSPS) is 16.9. The molecule has 3 amide bonds. The number of nitrogens with one attached hydrogen (secondary N) is 2. The third-order valence-corrected chi connectivity index (χ3v) is 5.97. The zero-order valence-corrected chi connectivity index (χ0v) is 16.4. The van der Waals surface area contributed by atoms with Gasteiger partial charge in [-0.25, -0.2) is 0 Å². The number of fused-ring (bicyclic) bond motifs is 1. The number of hydrogen-bond donors (Lipinski definition) is 2. The molecule has 1 aromatic carbocycles.